The molecule has 0 aliphatic heterocycles. The number of nitrogens with zero attached hydrogens (tertiary/aromatic N) is 2. The fourth-order valence-corrected chi connectivity index (χ4v) is 2.90. The second-order valence-electron chi connectivity index (χ2n) is 4.86. The Kier molecular flexibility index (Phi) is 8.18. The summed E-state index contributed by atoms with van der Waals surface area (Å²) in [7, 11) is 0. The lowest BCUT2D eigenvalue weighted by Crippen LogP contribution is -1.99. The first-order chi connectivity index (χ1) is 8.79. The molecule has 18 heavy (non-hydrogen) atoms. The van der Waals surface area contributed by atoms with Gasteiger partial charge in [-0.05, 0) is 24.4 Å². The predicted molar refractivity (Wildman–Crippen MR) is 76.9 cm³/mol. The highest BCUT2D eigenvalue weighted by atomic mass is 32.1. The van der Waals surface area contributed by atoms with E-state index in [1.54, 1.807) is 0 Å². The molecular weight excluding hydrogens is 244 g/mol. The van der Waals surface area contributed by atoms with Crippen LogP contribution < -0.4 is 0 Å². The minimum absolute atomic E-state index is 0.351. The van der Waals surface area contributed by atoms with Crippen LogP contribution in [0.2, 0.25) is 0 Å². The highest BCUT2D eigenvalue weighted by Crippen LogP contribution is 2.25. The molecule has 0 saturated carbocycles. The average molecular weight is 270 g/mol. The third-order valence-corrected chi connectivity index (χ3v) is 4.17. The summed E-state index contributed by atoms with van der Waals surface area (Å²) in [5.74, 6) is 0. The molecular formula is C14H26N2OS. The maximum Gasteiger partial charge on any atom is 0.0917 e. The minimum atomic E-state index is -0.351. The molecule has 1 N–H and O–H groups in total. The topological polar surface area (TPSA) is 46.0 Å². The van der Waals surface area contributed by atoms with Crippen LogP contribution in [-0.2, 0) is 6.42 Å². The molecule has 0 aliphatic carbocycles. The van der Waals surface area contributed by atoms with Crippen molar-refractivity contribution in [1.82, 2.24) is 9.59 Å². The number of rotatable bonds is 10. The van der Waals surface area contributed by atoms with Gasteiger partial charge in [0.2, 0.25) is 0 Å². The third kappa shape index (κ3) is 5.44. The maximum atomic E-state index is 10.1. The number of aryl methyl sites for hydroxylation is 1. The van der Waals surface area contributed by atoms with E-state index in [2.05, 4.69) is 23.4 Å². The van der Waals surface area contributed by atoms with Crippen molar-refractivity contribution in [2.75, 3.05) is 0 Å². The summed E-state index contributed by atoms with van der Waals surface area (Å²) >= 11 is 1.35. The standard InChI is InChI=1S/C14H26N2OS/c1-3-5-6-7-8-9-10-11-13(17)14-12(4-2)15-16-18-14/h13,17H,3-11H2,1-2H3. The van der Waals surface area contributed by atoms with E-state index in [4.69, 9.17) is 0 Å². The van der Waals surface area contributed by atoms with Gasteiger partial charge in [0.25, 0.3) is 0 Å². The molecule has 1 aromatic rings. The quantitative estimate of drug-likeness (QED) is 0.646. The molecule has 4 heteroatoms. The molecule has 0 fully saturated rings. The summed E-state index contributed by atoms with van der Waals surface area (Å²) in [6.45, 7) is 4.30. The molecule has 0 aliphatic rings. The van der Waals surface area contributed by atoms with Crippen molar-refractivity contribution in [2.24, 2.45) is 0 Å². The van der Waals surface area contributed by atoms with Crippen LogP contribution in [0.25, 0.3) is 0 Å². The third-order valence-electron chi connectivity index (χ3n) is 3.30. The SMILES string of the molecule is CCCCCCCCCC(O)c1snnc1CC. The number of aliphatic hydroxyl groups excluding tert-OH is 1. The van der Waals surface area contributed by atoms with Crippen LogP contribution in [0.1, 0.15) is 81.9 Å². The molecule has 0 spiro atoms. The molecule has 1 heterocycles. The van der Waals surface area contributed by atoms with Gasteiger partial charge in [-0.2, -0.15) is 0 Å². The molecule has 0 amide bonds. The van der Waals surface area contributed by atoms with Gasteiger partial charge in [0.05, 0.1) is 16.7 Å². The van der Waals surface area contributed by atoms with Crippen LogP contribution in [0, 0.1) is 0 Å². The summed E-state index contributed by atoms with van der Waals surface area (Å²) in [6, 6.07) is 0. The first-order valence-corrected chi connectivity index (χ1v) is 8.06. The van der Waals surface area contributed by atoms with Gasteiger partial charge < -0.3 is 5.11 Å². The summed E-state index contributed by atoms with van der Waals surface area (Å²) in [5, 5.41) is 14.1. The summed E-state index contributed by atoms with van der Waals surface area (Å²) in [5.41, 5.74) is 0.968. The fraction of sp³-hybridized carbons (Fsp3) is 0.857. The second-order valence-corrected chi connectivity index (χ2v) is 5.65. The fourth-order valence-electron chi connectivity index (χ4n) is 2.14. The van der Waals surface area contributed by atoms with E-state index in [0.717, 1.165) is 29.8 Å². The minimum Gasteiger partial charge on any atom is -0.387 e. The number of aromatic nitrogens is 2. The Morgan fingerprint density at radius 1 is 1.06 bits per heavy atom. The van der Waals surface area contributed by atoms with Gasteiger partial charge in [-0.3, -0.25) is 0 Å². The second kappa shape index (κ2) is 9.45. The molecule has 0 saturated heterocycles. The lowest BCUT2D eigenvalue weighted by atomic mass is 10.0. The van der Waals surface area contributed by atoms with Gasteiger partial charge in [0.1, 0.15) is 0 Å². The zero-order valence-electron chi connectivity index (χ0n) is 11.7. The van der Waals surface area contributed by atoms with Crippen LogP contribution in [-0.4, -0.2) is 14.7 Å². The number of unbranched alkanes of at least 4 members (excludes halogenated alkanes) is 6. The van der Waals surface area contributed by atoms with Crippen molar-refractivity contribution in [3.05, 3.63) is 10.6 Å². The van der Waals surface area contributed by atoms with Crippen LogP contribution in [0.3, 0.4) is 0 Å². The Hall–Kier alpha value is -0.480. The van der Waals surface area contributed by atoms with Gasteiger partial charge in [-0.15, -0.1) is 5.10 Å². The molecule has 1 atom stereocenters. The summed E-state index contributed by atoms with van der Waals surface area (Å²) in [6.07, 6.45) is 10.4. The van der Waals surface area contributed by atoms with Crippen LogP contribution in [0.5, 0.6) is 0 Å². The summed E-state index contributed by atoms with van der Waals surface area (Å²) < 4.78 is 3.92. The van der Waals surface area contributed by atoms with E-state index < -0.39 is 0 Å². The van der Waals surface area contributed by atoms with Crippen LogP contribution >= 0.6 is 11.5 Å². The highest BCUT2D eigenvalue weighted by Gasteiger charge is 2.15. The zero-order valence-corrected chi connectivity index (χ0v) is 12.5. The van der Waals surface area contributed by atoms with Gasteiger partial charge in [0.15, 0.2) is 0 Å². The first kappa shape index (κ1) is 15.6. The monoisotopic (exact) mass is 270 g/mol. The maximum absolute atomic E-state index is 10.1. The Morgan fingerprint density at radius 2 is 1.72 bits per heavy atom. The largest absolute Gasteiger partial charge is 0.387 e. The van der Waals surface area contributed by atoms with E-state index in [1.807, 2.05) is 0 Å². The molecule has 0 aromatic carbocycles. The van der Waals surface area contributed by atoms with Gasteiger partial charge >= 0.3 is 0 Å². The molecule has 1 rings (SSSR count). The van der Waals surface area contributed by atoms with Crippen molar-refractivity contribution in [1.29, 1.82) is 0 Å². The lowest BCUT2D eigenvalue weighted by Gasteiger charge is -2.08. The van der Waals surface area contributed by atoms with Gasteiger partial charge in [0, 0.05) is 0 Å². The van der Waals surface area contributed by atoms with Crippen molar-refractivity contribution < 1.29 is 5.11 Å². The normalized spacial score (nSPS) is 12.8. The van der Waals surface area contributed by atoms with Crippen molar-refractivity contribution in [2.45, 2.75) is 77.7 Å². The molecule has 0 radical (unpaired) electrons. The molecule has 104 valence electrons. The van der Waals surface area contributed by atoms with E-state index in [0.29, 0.717) is 0 Å². The Labute approximate surface area is 115 Å². The summed E-state index contributed by atoms with van der Waals surface area (Å²) in [4.78, 5) is 0.975. The molecule has 3 nitrogen and oxygen atoms in total. The van der Waals surface area contributed by atoms with Crippen LogP contribution in [0.4, 0.5) is 0 Å². The van der Waals surface area contributed by atoms with Crippen molar-refractivity contribution >= 4 is 11.5 Å². The number of hydrogen-bond acceptors (Lipinski definition) is 4. The van der Waals surface area contributed by atoms with Gasteiger partial charge in [-0.25, -0.2) is 0 Å². The predicted octanol–water partition coefficient (Wildman–Crippen LogP) is 4.27. The van der Waals surface area contributed by atoms with E-state index >= 15 is 0 Å². The Morgan fingerprint density at radius 3 is 2.39 bits per heavy atom. The van der Waals surface area contributed by atoms with Crippen molar-refractivity contribution in [3.8, 4) is 0 Å². The zero-order chi connectivity index (χ0) is 13.2. The van der Waals surface area contributed by atoms with E-state index in [9.17, 15) is 5.11 Å². The molecule has 1 aromatic heterocycles. The van der Waals surface area contributed by atoms with E-state index in [1.165, 1.54) is 50.1 Å². The average Bonchev–Trinajstić information content (AvgIpc) is 2.85. The van der Waals surface area contributed by atoms with Gasteiger partial charge in [-0.1, -0.05) is 63.3 Å². The first-order valence-electron chi connectivity index (χ1n) is 7.28. The smallest absolute Gasteiger partial charge is 0.0917 e. The Bertz CT molecular complexity index is 314. The number of aliphatic hydroxyl groups is 1. The van der Waals surface area contributed by atoms with Crippen molar-refractivity contribution in [3.63, 3.8) is 0 Å². The highest BCUT2D eigenvalue weighted by molar-refractivity contribution is 7.05. The molecule has 0 bridgehead atoms. The number of hydrogen-bond donors (Lipinski definition) is 1. The molecule has 1 unspecified atom stereocenters. The van der Waals surface area contributed by atoms with E-state index in [-0.39, 0.29) is 6.10 Å². The lowest BCUT2D eigenvalue weighted by molar-refractivity contribution is 0.166. The van der Waals surface area contributed by atoms with Crippen LogP contribution in [0.15, 0.2) is 0 Å². The Balaban J connectivity index is 2.12.